The zero-order chi connectivity index (χ0) is 20.2. The number of benzene rings is 2. The predicted octanol–water partition coefficient (Wildman–Crippen LogP) is 6.41. The lowest BCUT2D eigenvalue weighted by Gasteiger charge is -2.30. The van der Waals surface area contributed by atoms with Gasteiger partial charge < -0.3 is 10.2 Å². The minimum Gasteiger partial charge on any atom is -0.507 e. The Kier molecular flexibility index (Phi) is 6.69. The summed E-state index contributed by atoms with van der Waals surface area (Å²) in [4.78, 5) is 11.4. The number of aromatic carboxylic acids is 1. The van der Waals surface area contributed by atoms with E-state index in [1.54, 1.807) is 6.07 Å². The Hall–Kier alpha value is -2.29. The van der Waals surface area contributed by atoms with Crippen LogP contribution in [0.25, 0.3) is 0 Å². The number of carboxylic acid groups (broad SMARTS) is 1. The van der Waals surface area contributed by atoms with E-state index in [9.17, 15) is 15.0 Å². The third-order valence-electron chi connectivity index (χ3n) is 5.92. The van der Waals surface area contributed by atoms with Crippen molar-refractivity contribution in [2.75, 3.05) is 0 Å². The van der Waals surface area contributed by atoms with E-state index >= 15 is 0 Å². The van der Waals surface area contributed by atoms with Crippen molar-refractivity contribution in [1.82, 2.24) is 0 Å². The smallest absolute Gasteiger partial charge is 0.339 e. The van der Waals surface area contributed by atoms with E-state index in [-0.39, 0.29) is 22.6 Å². The SMILES string of the molecule is CCCCC(C)(CC)c1cc(C)cc(C(C)c2cccc(C(=O)O)c2O)c1. The van der Waals surface area contributed by atoms with Crippen LogP contribution >= 0.6 is 0 Å². The Labute approximate surface area is 163 Å². The molecule has 2 unspecified atom stereocenters. The second kappa shape index (κ2) is 8.60. The quantitative estimate of drug-likeness (QED) is 0.566. The van der Waals surface area contributed by atoms with Gasteiger partial charge in [0.2, 0.25) is 0 Å². The molecular formula is C24H32O3. The van der Waals surface area contributed by atoms with Crippen LogP contribution in [0.3, 0.4) is 0 Å². The van der Waals surface area contributed by atoms with Gasteiger partial charge in [-0.2, -0.15) is 0 Å². The first kappa shape index (κ1) is 21.0. The van der Waals surface area contributed by atoms with E-state index in [2.05, 4.69) is 45.9 Å². The highest BCUT2D eigenvalue weighted by atomic mass is 16.4. The van der Waals surface area contributed by atoms with E-state index < -0.39 is 5.97 Å². The molecule has 0 aliphatic carbocycles. The molecule has 0 radical (unpaired) electrons. The van der Waals surface area contributed by atoms with Crippen molar-refractivity contribution in [1.29, 1.82) is 0 Å². The fourth-order valence-corrected chi connectivity index (χ4v) is 3.77. The maximum atomic E-state index is 11.4. The highest BCUT2D eigenvalue weighted by molar-refractivity contribution is 5.91. The van der Waals surface area contributed by atoms with Crippen molar-refractivity contribution in [3.05, 3.63) is 64.2 Å². The zero-order valence-electron chi connectivity index (χ0n) is 17.2. The molecule has 0 amide bonds. The third-order valence-corrected chi connectivity index (χ3v) is 5.92. The molecule has 146 valence electrons. The van der Waals surface area contributed by atoms with Crippen LogP contribution in [0.15, 0.2) is 36.4 Å². The van der Waals surface area contributed by atoms with Gasteiger partial charge in [-0.3, -0.25) is 0 Å². The highest BCUT2D eigenvalue weighted by Crippen LogP contribution is 2.38. The second-order valence-corrected chi connectivity index (χ2v) is 7.92. The standard InChI is InChI=1S/C24H32O3/c1-6-8-12-24(5,7-2)19-14-16(3)13-18(15-19)17(4)20-10-9-11-21(22(20)25)23(26)27/h9-11,13-15,17,25H,6-8,12H2,1-5H3,(H,26,27). The van der Waals surface area contributed by atoms with Gasteiger partial charge in [-0.15, -0.1) is 0 Å². The number of phenols is 1. The molecule has 27 heavy (non-hydrogen) atoms. The number of rotatable bonds is 8. The molecule has 0 fully saturated rings. The molecule has 0 heterocycles. The molecule has 2 rings (SSSR count). The van der Waals surface area contributed by atoms with Crippen LogP contribution in [-0.2, 0) is 5.41 Å². The summed E-state index contributed by atoms with van der Waals surface area (Å²) in [5, 5.41) is 19.8. The van der Waals surface area contributed by atoms with Crippen LogP contribution in [-0.4, -0.2) is 16.2 Å². The van der Waals surface area contributed by atoms with Gasteiger partial charge in [-0.05, 0) is 42.4 Å². The Morgan fingerprint density at radius 2 is 1.89 bits per heavy atom. The molecule has 0 aromatic heterocycles. The summed E-state index contributed by atoms with van der Waals surface area (Å²) < 4.78 is 0. The predicted molar refractivity (Wildman–Crippen MR) is 111 cm³/mol. The largest absolute Gasteiger partial charge is 0.507 e. The highest BCUT2D eigenvalue weighted by Gasteiger charge is 2.26. The van der Waals surface area contributed by atoms with Crippen molar-refractivity contribution in [3.8, 4) is 5.75 Å². The van der Waals surface area contributed by atoms with Crippen molar-refractivity contribution in [2.24, 2.45) is 0 Å². The molecule has 0 aliphatic heterocycles. The van der Waals surface area contributed by atoms with Crippen LogP contribution < -0.4 is 0 Å². The number of hydrogen-bond donors (Lipinski definition) is 2. The minimum absolute atomic E-state index is 0.0476. The van der Waals surface area contributed by atoms with Crippen molar-refractivity contribution >= 4 is 5.97 Å². The summed E-state index contributed by atoms with van der Waals surface area (Å²) in [6.07, 6.45) is 4.60. The molecule has 2 atom stereocenters. The third kappa shape index (κ3) is 4.52. The second-order valence-electron chi connectivity index (χ2n) is 7.92. The summed E-state index contributed by atoms with van der Waals surface area (Å²) in [7, 11) is 0. The van der Waals surface area contributed by atoms with Gasteiger partial charge in [-0.1, -0.05) is 76.4 Å². The summed E-state index contributed by atoms with van der Waals surface area (Å²) in [6, 6.07) is 11.6. The molecule has 0 saturated heterocycles. The molecule has 3 nitrogen and oxygen atoms in total. The molecule has 2 aromatic carbocycles. The lowest BCUT2D eigenvalue weighted by Crippen LogP contribution is -2.21. The Morgan fingerprint density at radius 1 is 1.19 bits per heavy atom. The molecule has 0 spiro atoms. The summed E-state index contributed by atoms with van der Waals surface area (Å²) in [6.45, 7) is 10.9. The maximum Gasteiger partial charge on any atom is 0.339 e. The molecular weight excluding hydrogens is 336 g/mol. The number of carbonyl (C=O) groups is 1. The Bertz CT molecular complexity index is 809. The van der Waals surface area contributed by atoms with Gasteiger partial charge in [-0.25, -0.2) is 4.79 Å². The van der Waals surface area contributed by atoms with Crippen LogP contribution in [0.5, 0.6) is 5.75 Å². The Balaban J connectivity index is 2.49. The van der Waals surface area contributed by atoms with Crippen molar-refractivity contribution in [3.63, 3.8) is 0 Å². The maximum absolute atomic E-state index is 11.4. The number of hydrogen-bond acceptors (Lipinski definition) is 2. The van der Waals surface area contributed by atoms with Crippen molar-refractivity contribution < 1.29 is 15.0 Å². The van der Waals surface area contributed by atoms with Gasteiger partial charge in [0.25, 0.3) is 0 Å². The van der Waals surface area contributed by atoms with E-state index in [1.165, 1.54) is 30.0 Å². The van der Waals surface area contributed by atoms with Gasteiger partial charge >= 0.3 is 5.97 Å². The lowest BCUT2D eigenvalue weighted by molar-refractivity contribution is 0.0693. The molecule has 2 aromatic rings. The number of unbranched alkanes of at least 4 members (excludes halogenated alkanes) is 1. The summed E-state index contributed by atoms with van der Waals surface area (Å²) >= 11 is 0. The average Bonchev–Trinajstić information content (AvgIpc) is 2.65. The number of carboxylic acids is 1. The minimum atomic E-state index is -1.11. The molecule has 2 N–H and O–H groups in total. The van der Waals surface area contributed by atoms with Gasteiger partial charge in [0, 0.05) is 11.5 Å². The number of aromatic hydroxyl groups is 1. The number of aryl methyl sites for hydroxylation is 1. The summed E-state index contributed by atoms with van der Waals surface area (Å²) in [5.74, 6) is -1.33. The van der Waals surface area contributed by atoms with E-state index in [1.807, 2.05) is 13.0 Å². The van der Waals surface area contributed by atoms with E-state index in [4.69, 9.17) is 0 Å². The first-order valence-electron chi connectivity index (χ1n) is 9.90. The fraction of sp³-hybridized carbons (Fsp3) is 0.458. The molecule has 0 saturated carbocycles. The average molecular weight is 369 g/mol. The van der Waals surface area contributed by atoms with Crippen LogP contribution in [0, 0.1) is 6.92 Å². The lowest BCUT2D eigenvalue weighted by atomic mass is 9.74. The van der Waals surface area contributed by atoms with Gasteiger partial charge in [0.05, 0.1) is 0 Å². The van der Waals surface area contributed by atoms with Crippen molar-refractivity contribution in [2.45, 2.75) is 71.6 Å². The van der Waals surface area contributed by atoms with E-state index in [0.29, 0.717) is 5.56 Å². The first-order chi connectivity index (χ1) is 12.7. The number of para-hydroxylation sites is 1. The van der Waals surface area contributed by atoms with Gasteiger partial charge in [0.15, 0.2) is 0 Å². The fourth-order valence-electron chi connectivity index (χ4n) is 3.77. The van der Waals surface area contributed by atoms with E-state index in [0.717, 1.165) is 18.4 Å². The Morgan fingerprint density at radius 3 is 2.48 bits per heavy atom. The van der Waals surface area contributed by atoms with Crippen LogP contribution in [0.2, 0.25) is 0 Å². The zero-order valence-corrected chi connectivity index (χ0v) is 17.2. The molecule has 0 aliphatic rings. The van der Waals surface area contributed by atoms with Gasteiger partial charge in [0.1, 0.15) is 11.3 Å². The summed E-state index contributed by atoms with van der Waals surface area (Å²) in [5.41, 5.74) is 4.36. The molecule has 0 bridgehead atoms. The van der Waals surface area contributed by atoms with Crippen LogP contribution in [0.1, 0.15) is 91.9 Å². The molecule has 3 heteroatoms. The normalized spacial score (nSPS) is 14.6. The topological polar surface area (TPSA) is 57.5 Å². The monoisotopic (exact) mass is 368 g/mol. The first-order valence-corrected chi connectivity index (χ1v) is 9.90. The van der Waals surface area contributed by atoms with Crippen LogP contribution in [0.4, 0.5) is 0 Å².